The van der Waals surface area contributed by atoms with E-state index in [1.54, 1.807) is 0 Å². The van der Waals surface area contributed by atoms with Crippen molar-refractivity contribution in [3.8, 4) is 0 Å². The van der Waals surface area contributed by atoms with Crippen LogP contribution in [0.3, 0.4) is 0 Å². The van der Waals surface area contributed by atoms with Crippen molar-refractivity contribution in [1.29, 1.82) is 0 Å². The molecule has 0 saturated heterocycles. The molecule has 0 heterocycles. The lowest BCUT2D eigenvalue weighted by Gasteiger charge is -2.15. The molecule has 0 fully saturated rings. The first-order chi connectivity index (χ1) is 6.31. The lowest BCUT2D eigenvalue weighted by molar-refractivity contribution is 0.349. The standard InChI is InChI=1S/C10H24N2S/c1-4-9-13-10-8-12(3)7-5-6-11-2/h11H,4-10H2,1-3H3. The van der Waals surface area contributed by atoms with Gasteiger partial charge in [-0.05, 0) is 45.8 Å². The number of nitrogens with one attached hydrogen (secondary N) is 1. The summed E-state index contributed by atoms with van der Waals surface area (Å²) in [7, 11) is 4.22. The molecule has 0 aliphatic rings. The fourth-order valence-electron chi connectivity index (χ4n) is 1.10. The third kappa shape index (κ3) is 10.2. The zero-order valence-electron chi connectivity index (χ0n) is 9.31. The summed E-state index contributed by atoms with van der Waals surface area (Å²) < 4.78 is 0. The van der Waals surface area contributed by atoms with Crippen molar-refractivity contribution in [2.45, 2.75) is 19.8 Å². The summed E-state index contributed by atoms with van der Waals surface area (Å²) in [5, 5.41) is 3.17. The normalized spacial score (nSPS) is 11.1. The Morgan fingerprint density at radius 2 is 2.00 bits per heavy atom. The minimum absolute atomic E-state index is 1.13. The van der Waals surface area contributed by atoms with Gasteiger partial charge in [0.1, 0.15) is 0 Å². The highest BCUT2D eigenvalue weighted by molar-refractivity contribution is 7.99. The molecule has 2 nitrogen and oxygen atoms in total. The fourth-order valence-corrected chi connectivity index (χ4v) is 2.04. The third-order valence-corrected chi connectivity index (χ3v) is 3.10. The summed E-state index contributed by atoms with van der Waals surface area (Å²) in [4.78, 5) is 2.42. The average Bonchev–Trinajstić information content (AvgIpc) is 2.13. The molecule has 0 radical (unpaired) electrons. The number of hydrogen-bond acceptors (Lipinski definition) is 3. The summed E-state index contributed by atoms with van der Waals surface area (Å²) in [6, 6.07) is 0. The van der Waals surface area contributed by atoms with E-state index in [0.717, 1.165) is 6.54 Å². The molecule has 0 bridgehead atoms. The second-order valence-corrected chi connectivity index (χ2v) is 4.60. The van der Waals surface area contributed by atoms with Gasteiger partial charge in [0.15, 0.2) is 0 Å². The van der Waals surface area contributed by atoms with Crippen LogP contribution < -0.4 is 5.32 Å². The number of thioether (sulfide) groups is 1. The van der Waals surface area contributed by atoms with E-state index >= 15 is 0 Å². The largest absolute Gasteiger partial charge is 0.320 e. The summed E-state index contributed by atoms with van der Waals surface area (Å²) >= 11 is 2.06. The minimum Gasteiger partial charge on any atom is -0.320 e. The molecule has 0 aromatic rings. The lowest BCUT2D eigenvalue weighted by Crippen LogP contribution is -2.25. The second-order valence-electron chi connectivity index (χ2n) is 3.37. The summed E-state index contributed by atoms with van der Waals surface area (Å²) in [6.45, 7) is 5.82. The predicted molar refractivity (Wildman–Crippen MR) is 63.7 cm³/mol. The Bertz CT molecular complexity index is 98.9. The second kappa shape index (κ2) is 10.4. The smallest absolute Gasteiger partial charge is 0.00693 e. The van der Waals surface area contributed by atoms with Gasteiger partial charge in [0, 0.05) is 12.3 Å². The summed E-state index contributed by atoms with van der Waals surface area (Å²) in [6.07, 6.45) is 2.56. The van der Waals surface area contributed by atoms with Crippen molar-refractivity contribution in [2.24, 2.45) is 0 Å². The quantitative estimate of drug-likeness (QED) is 0.575. The van der Waals surface area contributed by atoms with Gasteiger partial charge in [0.25, 0.3) is 0 Å². The highest BCUT2D eigenvalue weighted by Crippen LogP contribution is 2.01. The molecule has 0 atom stereocenters. The van der Waals surface area contributed by atoms with E-state index in [1.807, 2.05) is 7.05 Å². The number of hydrogen-bond donors (Lipinski definition) is 1. The summed E-state index contributed by atoms with van der Waals surface area (Å²) in [5.41, 5.74) is 0. The zero-order chi connectivity index (χ0) is 9.94. The van der Waals surface area contributed by atoms with Crippen LogP contribution in [0.15, 0.2) is 0 Å². The lowest BCUT2D eigenvalue weighted by atomic mass is 10.4. The fraction of sp³-hybridized carbons (Fsp3) is 1.00. The Labute approximate surface area is 87.5 Å². The molecule has 0 aliphatic heterocycles. The molecule has 80 valence electrons. The van der Waals surface area contributed by atoms with E-state index in [-0.39, 0.29) is 0 Å². The van der Waals surface area contributed by atoms with E-state index in [9.17, 15) is 0 Å². The molecule has 0 unspecified atom stereocenters. The van der Waals surface area contributed by atoms with Crippen LogP contribution in [0.2, 0.25) is 0 Å². The van der Waals surface area contributed by atoms with Crippen LogP contribution in [0, 0.1) is 0 Å². The van der Waals surface area contributed by atoms with Gasteiger partial charge in [-0.1, -0.05) is 6.92 Å². The molecule has 0 saturated carbocycles. The molecular weight excluding hydrogens is 180 g/mol. The Kier molecular flexibility index (Phi) is 10.6. The van der Waals surface area contributed by atoms with Gasteiger partial charge in [-0.3, -0.25) is 0 Å². The van der Waals surface area contributed by atoms with Gasteiger partial charge in [0.05, 0.1) is 0 Å². The van der Waals surface area contributed by atoms with Gasteiger partial charge in [-0.2, -0.15) is 11.8 Å². The third-order valence-electron chi connectivity index (χ3n) is 1.93. The first kappa shape index (κ1) is 13.3. The van der Waals surface area contributed by atoms with Gasteiger partial charge in [-0.15, -0.1) is 0 Å². The Balaban J connectivity index is 3.05. The van der Waals surface area contributed by atoms with Crippen molar-refractivity contribution < 1.29 is 0 Å². The van der Waals surface area contributed by atoms with Crippen LogP contribution in [0.4, 0.5) is 0 Å². The van der Waals surface area contributed by atoms with E-state index in [2.05, 4.69) is 35.9 Å². The van der Waals surface area contributed by atoms with Crippen molar-refractivity contribution >= 4 is 11.8 Å². The minimum atomic E-state index is 1.13. The van der Waals surface area contributed by atoms with Crippen LogP contribution in [-0.4, -0.2) is 50.1 Å². The summed E-state index contributed by atoms with van der Waals surface area (Å²) in [5.74, 6) is 2.59. The monoisotopic (exact) mass is 204 g/mol. The highest BCUT2D eigenvalue weighted by atomic mass is 32.2. The first-order valence-electron chi connectivity index (χ1n) is 5.22. The molecular formula is C10H24N2S. The topological polar surface area (TPSA) is 15.3 Å². The van der Waals surface area contributed by atoms with Gasteiger partial charge >= 0.3 is 0 Å². The van der Waals surface area contributed by atoms with Crippen molar-refractivity contribution in [3.05, 3.63) is 0 Å². The van der Waals surface area contributed by atoms with E-state index < -0.39 is 0 Å². The molecule has 0 aliphatic carbocycles. The Hall–Kier alpha value is 0.270. The maximum atomic E-state index is 3.17. The molecule has 0 spiro atoms. The SMILES string of the molecule is CCCSCCN(C)CCCNC. The average molecular weight is 204 g/mol. The van der Waals surface area contributed by atoms with Crippen LogP contribution in [0.25, 0.3) is 0 Å². The van der Waals surface area contributed by atoms with Crippen LogP contribution >= 0.6 is 11.8 Å². The van der Waals surface area contributed by atoms with E-state index in [0.29, 0.717) is 0 Å². The van der Waals surface area contributed by atoms with Gasteiger partial charge < -0.3 is 10.2 Å². The van der Waals surface area contributed by atoms with Crippen LogP contribution in [0.5, 0.6) is 0 Å². The van der Waals surface area contributed by atoms with Gasteiger partial charge in [0.2, 0.25) is 0 Å². The molecule has 3 heteroatoms. The molecule has 0 amide bonds. The molecule has 0 aromatic heterocycles. The zero-order valence-corrected chi connectivity index (χ0v) is 10.1. The van der Waals surface area contributed by atoms with Gasteiger partial charge in [-0.25, -0.2) is 0 Å². The number of nitrogens with zero attached hydrogens (tertiary/aromatic N) is 1. The van der Waals surface area contributed by atoms with Crippen molar-refractivity contribution in [1.82, 2.24) is 10.2 Å². The Morgan fingerprint density at radius 1 is 1.23 bits per heavy atom. The van der Waals surface area contributed by atoms with Crippen molar-refractivity contribution in [2.75, 3.05) is 45.2 Å². The molecule has 1 N–H and O–H groups in total. The maximum absolute atomic E-state index is 3.17. The molecule has 13 heavy (non-hydrogen) atoms. The maximum Gasteiger partial charge on any atom is 0.00693 e. The van der Waals surface area contributed by atoms with E-state index in [1.165, 1.54) is 37.4 Å². The highest BCUT2D eigenvalue weighted by Gasteiger charge is 1.96. The predicted octanol–water partition coefficient (Wildman–Crippen LogP) is 1.67. The van der Waals surface area contributed by atoms with Crippen LogP contribution in [-0.2, 0) is 0 Å². The number of rotatable bonds is 9. The van der Waals surface area contributed by atoms with E-state index in [4.69, 9.17) is 0 Å². The van der Waals surface area contributed by atoms with Crippen LogP contribution in [0.1, 0.15) is 19.8 Å². The molecule has 0 rings (SSSR count). The molecule has 0 aromatic carbocycles. The van der Waals surface area contributed by atoms with Crippen molar-refractivity contribution in [3.63, 3.8) is 0 Å². The Morgan fingerprint density at radius 3 is 2.62 bits per heavy atom. The first-order valence-corrected chi connectivity index (χ1v) is 6.37.